The Morgan fingerprint density at radius 3 is 2.78 bits per heavy atom. The van der Waals surface area contributed by atoms with Crippen LogP contribution in [0.25, 0.3) is 0 Å². The van der Waals surface area contributed by atoms with E-state index in [1.54, 1.807) is 0 Å². The van der Waals surface area contributed by atoms with Crippen molar-refractivity contribution in [2.45, 2.75) is 13.3 Å². The molecule has 94 valence electrons. The van der Waals surface area contributed by atoms with Gasteiger partial charge in [0, 0.05) is 11.0 Å². The highest BCUT2D eigenvalue weighted by atomic mass is 79.9. The van der Waals surface area contributed by atoms with Gasteiger partial charge in [-0.2, -0.15) is 0 Å². The molecule has 0 aliphatic carbocycles. The molecule has 1 heterocycles. The topological polar surface area (TPSA) is 29.1 Å². The zero-order chi connectivity index (χ0) is 13.0. The highest BCUT2D eigenvalue weighted by molar-refractivity contribution is 9.10. The summed E-state index contributed by atoms with van der Waals surface area (Å²) in [7, 11) is 0. The van der Waals surface area contributed by atoms with Crippen molar-refractivity contribution in [3.05, 3.63) is 56.2 Å². The third-order valence-corrected chi connectivity index (χ3v) is 4.60. The minimum atomic E-state index is -0.00883. The number of thiophene rings is 1. The second kappa shape index (κ2) is 6.16. The Morgan fingerprint density at radius 2 is 2.11 bits per heavy atom. The van der Waals surface area contributed by atoms with Crippen molar-refractivity contribution in [2.24, 2.45) is 0 Å². The van der Waals surface area contributed by atoms with E-state index in [0.29, 0.717) is 6.54 Å². The van der Waals surface area contributed by atoms with Gasteiger partial charge >= 0.3 is 0 Å². The fourth-order valence-electron chi connectivity index (χ4n) is 1.74. The van der Waals surface area contributed by atoms with Gasteiger partial charge in [-0.3, -0.25) is 4.79 Å². The number of carbonyl (C=O) groups is 1. The third kappa shape index (κ3) is 3.21. The fraction of sp³-hybridized carbons (Fsp3) is 0.214. The van der Waals surface area contributed by atoms with Crippen LogP contribution in [-0.2, 0) is 6.42 Å². The summed E-state index contributed by atoms with van der Waals surface area (Å²) in [6, 6.07) is 10.1. The lowest BCUT2D eigenvalue weighted by atomic mass is 10.1. The molecule has 0 saturated carbocycles. The molecule has 0 radical (unpaired) electrons. The van der Waals surface area contributed by atoms with E-state index in [2.05, 4.69) is 40.3 Å². The van der Waals surface area contributed by atoms with E-state index in [0.717, 1.165) is 15.8 Å². The summed E-state index contributed by atoms with van der Waals surface area (Å²) in [5.74, 6) is -0.00883. The molecule has 0 fully saturated rings. The Balaban J connectivity index is 1.88. The molecule has 0 spiro atoms. The average Bonchev–Trinajstić information content (AvgIpc) is 2.78. The molecular formula is C14H14BrNOS. The molecule has 4 heteroatoms. The molecular weight excluding hydrogens is 310 g/mol. The first-order chi connectivity index (χ1) is 8.68. The van der Waals surface area contributed by atoms with Crippen molar-refractivity contribution in [1.82, 2.24) is 5.32 Å². The van der Waals surface area contributed by atoms with Gasteiger partial charge in [0.25, 0.3) is 5.91 Å². The molecule has 1 aromatic carbocycles. The number of hydrogen-bond acceptors (Lipinski definition) is 2. The van der Waals surface area contributed by atoms with Crippen molar-refractivity contribution in [2.75, 3.05) is 6.54 Å². The molecule has 2 nitrogen and oxygen atoms in total. The monoisotopic (exact) mass is 323 g/mol. The number of aryl methyl sites for hydroxylation is 1. The van der Waals surface area contributed by atoms with Crippen molar-refractivity contribution in [3.63, 3.8) is 0 Å². The molecule has 1 amide bonds. The Hall–Kier alpha value is -1.13. The number of halogens is 1. The third-order valence-electron chi connectivity index (χ3n) is 2.76. The van der Waals surface area contributed by atoms with E-state index in [1.807, 2.05) is 23.6 Å². The lowest BCUT2D eigenvalue weighted by Crippen LogP contribution is -2.25. The Bertz CT molecular complexity index is 550. The summed E-state index contributed by atoms with van der Waals surface area (Å²) in [4.78, 5) is 12.6. The summed E-state index contributed by atoms with van der Waals surface area (Å²) in [6.45, 7) is 2.75. The number of nitrogens with one attached hydrogen (secondary N) is 1. The van der Waals surface area contributed by atoms with E-state index >= 15 is 0 Å². The van der Waals surface area contributed by atoms with Crippen LogP contribution < -0.4 is 5.32 Å². The van der Waals surface area contributed by atoms with Gasteiger partial charge in [-0.15, -0.1) is 11.3 Å². The molecule has 0 atom stereocenters. The van der Waals surface area contributed by atoms with Gasteiger partial charge in [0.05, 0.1) is 0 Å². The van der Waals surface area contributed by atoms with Crippen LogP contribution in [-0.4, -0.2) is 12.5 Å². The lowest BCUT2D eigenvalue weighted by molar-refractivity contribution is 0.0957. The van der Waals surface area contributed by atoms with Crippen LogP contribution in [0.15, 0.2) is 40.2 Å². The van der Waals surface area contributed by atoms with Crippen molar-refractivity contribution in [1.29, 1.82) is 0 Å². The number of hydrogen-bond donors (Lipinski definition) is 1. The van der Waals surface area contributed by atoms with E-state index in [-0.39, 0.29) is 5.91 Å². The summed E-state index contributed by atoms with van der Waals surface area (Å²) < 4.78 is 0.862. The molecule has 0 aliphatic rings. The molecule has 18 heavy (non-hydrogen) atoms. The normalized spacial score (nSPS) is 10.3. The first kappa shape index (κ1) is 13.3. The quantitative estimate of drug-likeness (QED) is 0.911. The predicted octanol–water partition coefficient (Wildman–Crippen LogP) is 3.79. The predicted molar refractivity (Wildman–Crippen MR) is 79.2 cm³/mol. The summed E-state index contributed by atoms with van der Waals surface area (Å²) in [6.07, 6.45) is 0.863. The minimum absolute atomic E-state index is 0.00883. The maximum Gasteiger partial charge on any atom is 0.262 e. The van der Waals surface area contributed by atoms with Crippen LogP contribution in [0.4, 0.5) is 0 Å². The fourth-order valence-corrected chi connectivity index (χ4v) is 3.20. The smallest absolute Gasteiger partial charge is 0.262 e. The van der Waals surface area contributed by atoms with Crippen LogP contribution in [0.5, 0.6) is 0 Å². The number of carbonyl (C=O) groups excluding carboxylic acids is 1. The van der Waals surface area contributed by atoms with Gasteiger partial charge in [0.2, 0.25) is 0 Å². The second-order valence-corrected chi connectivity index (χ2v) is 5.80. The lowest BCUT2D eigenvalue weighted by Gasteiger charge is -2.06. The standard InChI is InChI=1S/C14H14BrNOS/c1-10-4-2-3-5-11(10)6-8-16-14(17)13-12(15)7-9-18-13/h2-5,7,9H,6,8H2,1H3,(H,16,17). The van der Waals surface area contributed by atoms with Crippen molar-refractivity contribution in [3.8, 4) is 0 Å². The molecule has 0 aliphatic heterocycles. The Labute approximate surface area is 119 Å². The highest BCUT2D eigenvalue weighted by Crippen LogP contribution is 2.22. The number of amides is 1. The van der Waals surface area contributed by atoms with E-state index in [1.165, 1.54) is 22.5 Å². The SMILES string of the molecule is Cc1ccccc1CCNC(=O)c1sccc1Br. The zero-order valence-electron chi connectivity index (χ0n) is 10.1. The highest BCUT2D eigenvalue weighted by Gasteiger charge is 2.10. The second-order valence-electron chi connectivity index (χ2n) is 4.03. The van der Waals surface area contributed by atoms with Crippen molar-refractivity contribution >= 4 is 33.2 Å². The van der Waals surface area contributed by atoms with Gasteiger partial charge in [-0.05, 0) is 51.8 Å². The Morgan fingerprint density at radius 1 is 1.33 bits per heavy atom. The molecule has 1 aromatic heterocycles. The maximum absolute atomic E-state index is 11.9. The first-order valence-electron chi connectivity index (χ1n) is 5.74. The zero-order valence-corrected chi connectivity index (χ0v) is 12.5. The molecule has 1 N–H and O–H groups in total. The summed E-state index contributed by atoms with van der Waals surface area (Å²) in [5, 5.41) is 4.85. The number of rotatable bonds is 4. The van der Waals surface area contributed by atoms with Gasteiger partial charge in [0.1, 0.15) is 4.88 Å². The van der Waals surface area contributed by atoms with Crippen LogP contribution in [0, 0.1) is 6.92 Å². The summed E-state index contributed by atoms with van der Waals surface area (Å²) in [5.41, 5.74) is 2.55. The van der Waals surface area contributed by atoms with E-state index in [9.17, 15) is 4.79 Å². The van der Waals surface area contributed by atoms with Gasteiger partial charge in [-0.1, -0.05) is 24.3 Å². The average molecular weight is 324 g/mol. The minimum Gasteiger partial charge on any atom is -0.351 e. The Kier molecular flexibility index (Phi) is 4.55. The van der Waals surface area contributed by atoms with Gasteiger partial charge in [-0.25, -0.2) is 0 Å². The molecule has 2 rings (SSSR count). The van der Waals surface area contributed by atoms with E-state index in [4.69, 9.17) is 0 Å². The molecule has 0 saturated heterocycles. The van der Waals surface area contributed by atoms with Gasteiger partial charge in [0.15, 0.2) is 0 Å². The largest absolute Gasteiger partial charge is 0.351 e. The van der Waals surface area contributed by atoms with Crippen LogP contribution >= 0.6 is 27.3 Å². The van der Waals surface area contributed by atoms with E-state index < -0.39 is 0 Å². The van der Waals surface area contributed by atoms with Crippen molar-refractivity contribution < 1.29 is 4.79 Å². The van der Waals surface area contributed by atoms with Crippen LogP contribution in [0.2, 0.25) is 0 Å². The van der Waals surface area contributed by atoms with Crippen LogP contribution in [0.1, 0.15) is 20.8 Å². The van der Waals surface area contributed by atoms with Crippen LogP contribution in [0.3, 0.4) is 0 Å². The first-order valence-corrected chi connectivity index (χ1v) is 7.41. The number of benzene rings is 1. The molecule has 2 aromatic rings. The maximum atomic E-state index is 11.9. The van der Waals surface area contributed by atoms with Gasteiger partial charge < -0.3 is 5.32 Å². The molecule has 0 bridgehead atoms. The summed E-state index contributed by atoms with van der Waals surface area (Å²) >= 11 is 4.81. The molecule has 0 unspecified atom stereocenters.